The molecule has 1 aliphatic carbocycles. The standard InChI is InChI=1S/C25H20F3N3O3/c1-13-20(32)11-21(34-25(13)8-9-25)14-7-10-29-12-19(14)31-24(33)18-6-5-17(28)23(30-18)22-15(26)3-2-4-16(22)27/h2-7,10,12,20-21,32H,1,8-9,11H2,(H,31,33)/t20-,21-/m0/s1. The average Bonchev–Trinajstić information content (AvgIpc) is 3.58. The van der Waals surface area contributed by atoms with Gasteiger partial charge in [0.05, 0.1) is 35.3 Å². The van der Waals surface area contributed by atoms with Gasteiger partial charge in [0.15, 0.2) is 0 Å². The average molecular weight is 467 g/mol. The number of hydrogen-bond acceptors (Lipinski definition) is 5. The number of aromatic nitrogens is 2. The van der Waals surface area contributed by atoms with Gasteiger partial charge in [-0.25, -0.2) is 18.2 Å². The van der Waals surface area contributed by atoms with Crippen molar-refractivity contribution >= 4 is 11.6 Å². The number of aliphatic hydroxyl groups is 1. The van der Waals surface area contributed by atoms with Crippen molar-refractivity contribution in [1.82, 2.24) is 9.97 Å². The highest BCUT2D eigenvalue weighted by Crippen LogP contribution is 2.54. The Kier molecular flexibility index (Phi) is 5.45. The third-order valence-corrected chi connectivity index (χ3v) is 6.22. The lowest BCUT2D eigenvalue weighted by molar-refractivity contribution is -0.0722. The summed E-state index contributed by atoms with van der Waals surface area (Å²) >= 11 is 0. The maximum atomic E-state index is 14.4. The third kappa shape index (κ3) is 3.86. The van der Waals surface area contributed by atoms with Gasteiger partial charge in [-0.2, -0.15) is 0 Å². The number of hydrogen-bond donors (Lipinski definition) is 2. The van der Waals surface area contributed by atoms with Crippen molar-refractivity contribution in [2.24, 2.45) is 0 Å². The predicted octanol–water partition coefficient (Wildman–Crippen LogP) is 4.72. The molecule has 1 amide bonds. The molecule has 2 N–H and O–H groups in total. The molecular weight excluding hydrogens is 447 g/mol. The molecular formula is C25H20F3N3O3. The van der Waals surface area contributed by atoms with E-state index in [0.29, 0.717) is 16.8 Å². The summed E-state index contributed by atoms with van der Waals surface area (Å²) < 4.78 is 49.0. The Labute approximate surface area is 193 Å². The number of nitrogens with zero attached hydrogens (tertiary/aromatic N) is 2. The highest BCUT2D eigenvalue weighted by Gasteiger charge is 2.53. The Balaban J connectivity index is 1.44. The molecule has 2 aromatic heterocycles. The molecule has 1 saturated heterocycles. The Morgan fingerprint density at radius 3 is 2.56 bits per heavy atom. The van der Waals surface area contributed by atoms with Crippen molar-refractivity contribution in [3.63, 3.8) is 0 Å². The molecule has 5 rings (SSSR count). The van der Waals surface area contributed by atoms with Crippen LogP contribution in [0.4, 0.5) is 18.9 Å². The number of anilines is 1. The number of carbonyl (C=O) groups excluding carboxylic acids is 1. The zero-order valence-electron chi connectivity index (χ0n) is 17.9. The minimum atomic E-state index is -0.998. The highest BCUT2D eigenvalue weighted by atomic mass is 19.1. The summed E-state index contributed by atoms with van der Waals surface area (Å²) in [6.45, 7) is 3.95. The first-order valence-corrected chi connectivity index (χ1v) is 10.7. The van der Waals surface area contributed by atoms with Crippen molar-refractivity contribution in [3.8, 4) is 11.3 Å². The summed E-state index contributed by atoms with van der Waals surface area (Å²) in [4.78, 5) is 20.9. The molecule has 0 radical (unpaired) electrons. The lowest BCUT2D eigenvalue weighted by atomic mass is 9.91. The molecule has 174 valence electrons. The second kappa shape index (κ2) is 8.34. The predicted molar refractivity (Wildman–Crippen MR) is 117 cm³/mol. The van der Waals surface area contributed by atoms with E-state index in [2.05, 4.69) is 21.9 Å². The van der Waals surface area contributed by atoms with Crippen molar-refractivity contribution < 1.29 is 27.8 Å². The van der Waals surface area contributed by atoms with E-state index < -0.39 is 52.4 Å². The number of amides is 1. The van der Waals surface area contributed by atoms with Crippen LogP contribution in [0, 0.1) is 17.5 Å². The van der Waals surface area contributed by atoms with Crippen LogP contribution >= 0.6 is 0 Å². The van der Waals surface area contributed by atoms with Crippen molar-refractivity contribution in [2.45, 2.75) is 37.1 Å². The second-order valence-corrected chi connectivity index (χ2v) is 8.42. The maximum Gasteiger partial charge on any atom is 0.274 e. The summed E-state index contributed by atoms with van der Waals surface area (Å²) in [7, 11) is 0. The summed E-state index contributed by atoms with van der Waals surface area (Å²) in [6, 6.07) is 6.83. The maximum absolute atomic E-state index is 14.4. The van der Waals surface area contributed by atoms with Crippen molar-refractivity contribution in [2.75, 3.05) is 5.32 Å². The molecule has 1 aliphatic heterocycles. The summed E-state index contributed by atoms with van der Waals surface area (Å²) in [5.74, 6) is -3.69. The van der Waals surface area contributed by atoms with Gasteiger partial charge in [-0.05, 0) is 48.7 Å². The zero-order valence-corrected chi connectivity index (χ0v) is 17.9. The van der Waals surface area contributed by atoms with Crippen LogP contribution in [0.2, 0.25) is 0 Å². The molecule has 1 saturated carbocycles. The van der Waals surface area contributed by atoms with Gasteiger partial charge >= 0.3 is 0 Å². The number of carbonyl (C=O) groups is 1. The number of pyridine rings is 2. The number of nitrogens with one attached hydrogen (secondary N) is 1. The molecule has 0 unspecified atom stereocenters. The van der Waals surface area contributed by atoms with Crippen LogP contribution in [-0.2, 0) is 4.74 Å². The van der Waals surface area contributed by atoms with E-state index in [0.717, 1.165) is 43.2 Å². The lowest BCUT2D eigenvalue weighted by Gasteiger charge is -2.36. The highest BCUT2D eigenvalue weighted by molar-refractivity contribution is 6.03. The quantitative estimate of drug-likeness (QED) is 0.543. The van der Waals surface area contributed by atoms with E-state index in [1.165, 1.54) is 6.20 Å². The van der Waals surface area contributed by atoms with E-state index in [1.54, 1.807) is 12.3 Å². The van der Waals surface area contributed by atoms with Gasteiger partial charge < -0.3 is 15.2 Å². The van der Waals surface area contributed by atoms with Gasteiger partial charge in [0.1, 0.15) is 28.8 Å². The fourth-order valence-electron chi connectivity index (χ4n) is 4.23. The molecule has 2 fully saturated rings. The van der Waals surface area contributed by atoms with E-state index in [9.17, 15) is 23.1 Å². The van der Waals surface area contributed by atoms with Gasteiger partial charge in [0.2, 0.25) is 0 Å². The molecule has 2 aliphatic rings. The minimum absolute atomic E-state index is 0.245. The number of halogens is 3. The molecule has 3 heterocycles. The minimum Gasteiger partial charge on any atom is -0.389 e. The van der Waals surface area contributed by atoms with E-state index in [-0.39, 0.29) is 12.1 Å². The molecule has 3 aromatic rings. The third-order valence-electron chi connectivity index (χ3n) is 6.22. The van der Waals surface area contributed by atoms with Gasteiger partial charge in [-0.1, -0.05) is 12.6 Å². The van der Waals surface area contributed by atoms with Gasteiger partial charge in [-0.3, -0.25) is 9.78 Å². The van der Waals surface area contributed by atoms with Gasteiger partial charge in [0.25, 0.3) is 5.91 Å². The van der Waals surface area contributed by atoms with E-state index in [4.69, 9.17) is 4.74 Å². The van der Waals surface area contributed by atoms with Gasteiger partial charge in [0, 0.05) is 18.2 Å². The van der Waals surface area contributed by atoms with E-state index in [1.807, 2.05) is 0 Å². The molecule has 2 atom stereocenters. The Bertz CT molecular complexity index is 1290. The summed E-state index contributed by atoms with van der Waals surface area (Å²) in [5, 5.41) is 13.1. The zero-order chi connectivity index (χ0) is 24.0. The Hall–Kier alpha value is -3.56. The number of rotatable bonds is 4. The monoisotopic (exact) mass is 467 g/mol. The van der Waals surface area contributed by atoms with Crippen molar-refractivity contribution in [1.29, 1.82) is 0 Å². The van der Waals surface area contributed by atoms with Crippen molar-refractivity contribution in [3.05, 3.63) is 89.7 Å². The van der Waals surface area contributed by atoms with E-state index >= 15 is 0 Å². The molecule has 34 heavy (non-hydrogen) atoms. The molecule has 1 aromatic carbocycles. The first-order chi connectivity index (χ1) is 16.3. The number of ether oxygens (including phenoxy) is 1. The topological polar surface area (TPSA) is 84.3 Å². The van der Waals surface area contributed by atoms with Gasteiger partial charge in [-0.15, -0.1) is 0 Å². The van der Waals surface area contributed by atoms with Crippen LogP contribution in [0.25, 0.3) is 11.3 Å². The lowest BCUT2D eigenvalue weighted by Crippen LogP contribution is -2.35. The van der Waals surface area contributed by atoms with Crippen LogP contribution in [-0.4, -0.2) is 32.7 Å². The SMILES string of the molecule is C=C1[C@@H](O)C[C@@H](c2ccncc2NC(=O)c2ccc(F)c(-c3c(F)cccc3F)n2)OC12CC2. The number of benzene rings is 1. The van der Waals surface area contributed by atoms with Crippen LogP contribution in [0.1, 0.15) is 41.4 Å². The Morgan fingerprint density at radius 2 is 1.85 bits per heavy atom. The molecule has 6 nitrogen and oxygen atoms in total. The summed E-state index contributed by atoms with van der Waals surface area (Å²) in [5.41, 5.74) is -0.484. The van der Waals surface area contributed by atoms with Crippen LogP contribution < -0.4 is 5.32 Å². The second-order valence-electron chi connectivity index (χ2n) is 8.42. The molecule has 1 spiro atoms. The van der Waals surface area contributed by atoms with Crippen LogP contribution in [0.3, 0.4) is 0 Å². The largest absolute Gasteiger partial charge is 0.389 e. The molecule has 0 bridgehead atoms. The van der Waals surface area contributed by atoms with Crippen LogP contribution in [0.15, 0.2) is 60.9 Å². The number of aliphatic hydroxyl groups excluding tert-OH is 1. The molecule has 9 heteroatoms. The first kappa shape index (κ1) is 22.2. The smallest absolute Gasteiger partial charge is 0.274 e. The Morgan fingerprint density at radius 1 is 1.12 bits per heavy atom. The fraction of sp³-hybridized carbons (Fsp3) is 0.240. The normalized spacial score (nSPS) is 20.9. The summed E-state index contributed by atoms with van der Waals surface area (Å²) in [6.07, 6.45) is 3.51. The fourth-order valence-corrected chi connectivity index (χ4v) is 4.23. The van der Waals surface area contributed by atoms with Crippen LogP contribution in [0.5, 0.6) is 0 Å². The first-order valence-electron chi connectivity index (χ1n) is 10.7.